The van der Waals surface area contributed by atoms with Gasteiger partial charge in [0.1, 0.15) is 0 Å². The minimum Gasteiger partial charge on any atom is -0.301 e. The van der Waals surface area contributed by atoms with Crippen LogP contribution in [0.5, 0.6) is 0 Å². The average Bonchev–Trinajstić information content (AvgIpc) is 3.59. The SMILES string of the molecule is CC1=NN2C(CC3=CC4C=C(c5cnn(CCN6CCCC6)c5)C=NC4C=C3)=NNC2C=C1. The first-order valence-corrected chi connectivity index (χ1v) is 12.0. The second-order valence-electron chi connectivity index (χ2n) is 9.33. The molecule has 1 saturated heterocycles. The summed E-state index contributed by atoms with van der Waals surface area (Å²) in [6, 6.07) is 0.164. The summed E-state index contributed by atoms with van der Waals surface area (Å²) in [5, 5.41) is 15.7. The molecule has 0 amide bonds. The van der Waals surface area contributed by atoms with E-state index in [1.54, 1.807) is 0 Å². The number of aromatic nitrogens is 2. The Morgan fingerprint density at radius 3 is 2.91 bits per heavy atom. The molecule has 0 radical (unpaired) electrons. The third-order valence-corrected chi connectivity index (χ3v) is 6.88. The van der Waals surface area contributed by atoms with Crippen LogP contribution >= 0.6 is 0 Å². The number of allylic oxidation sites excluding steroid dienone is 3. The van der Waals surface area contributed by atoms with Crippen LogP contribution in [-0.2, 0) is 6.54 Å². The maximum Gasteiger partial charge on any atom is 0.157 e. The summed E-state index contributed by atoms with van der Waals surface area (Å²) in [5.74, 6) is 1.19. The van der Waals surface area contributed by atoms with Crippen molar-refractivity contribution in [2.24, 2.45) is 21.1 Å². The molecule has 33 heavy (non-hydrogen) atoms. The topological polar surface area (TPSA) is 73.4 Å². The summed E-state index contributed by atoms with van der Waals surface area (Å²) in [4.78, 5) is 7.34. The molecule has 1 N–H and O–H groups in total. The van der Waals surface area contributed by atoms with E-state index in [1.807, 2.05) is 30.4 Å². The molecule has 4 aliphatic heterocycles. The molecule has 170 valence electrons. The first-order valence-electron chi connectivity index (χ1n) is 12.0. The summed E-state index contributed by atoms with van der Waals surface area (Å²) in [6.45, 7) is 6.47. The van der Waals surface area contributed by atoms with Crippen LogP contribution in [0.3, 0.4) is 0 Å². The number of dihydropyridines is 1. The zero-order valence-corrected chi connectivity index (χ0v) is 19.0. The predicted octanol–water partition coefficient (Wildman–Crippen LogP) is 2.81. The Balaban J connectivity index is 1.13. The highest BCUT2D eigenvalue weighted by Gasteiger charge is 2.29. The quantitative estimate of drug-likeness (QED) is 0.735. The molecule has 3 atom stereocenters. The zero-order valence-electron chi connectivity index (χ0n) is 19.0. The van der Waals surface area contributed by atoms with E-state index in [0.717, 1.165) is 42.2 Å². The lowest BCUT2D eigenvalue weighted by molar-refractivity contribution is 0.316. The van der Waals surface area contributed by atoms with Crippen LogP contribution in [0.1, 0.15) is 31.7 Å². The van der Waals surface area contributed by atoms with Gasteiger partial charge in [-0.05, 0) is 56.2 Å². The first kappa shape index (κ1) is 20.4. The van der Waals surface area contributed by atoms with Gasteiger partial charge in [0.15, 0.2) is 12.0 Å². The fraction of sp³-hybridized carbons (Fsp3) is 0.440. The van der Waals surface area contributed by atoms with Crippen molar-refractivity contribution in [1.82, 2.24) is 25.1 Å². The molecule has 5 aliphatic rings. The number of nitrogens with zero attached hydrogens (tertiary/aromatic N) is 7. The molecule has 0 spiro atoms. The maximum atomic E-state index is 4.82. The van der Waals surface area contributed by atoms with E-state index in [1.165, 1.54) is 31.5 Å². The van der Waals surface area contributed by atoms with E-state index in [-0.39, 0.29) is 18.1 Å². The van der Waals surface area contributed by atoms with Gasteiger partial charge in [0.25, 0.3) is 0 Å². The zero-order chi connectivity index (χ0) is 22.2. The van der Waals surface area contributed by atoms with Gasteiger partial charge in [-0.2, -0.15) is 15.3 Å². The fourth-order valence-electron chi connectivity index (χ4n) is 5.03. The Morgan fingerprint density at radius 2 is 2.00 bits per heavy atom. The standard InChI is InChI=1S/C25H30N8/c1-18-4-7-24-28-29-25(33(24)30-18)13-19-5-6-23-20(12-19)14-21(15-26-23)22-16-27-32(17-22)11-10-31-8-2-3-9-31/h4-7,12,14-17,20,23-24,28H,2-3,8-11,13H2,1H3. The van der Waals surface area contributed by atoms with Gasteiger partial charge in [0.2, 0.25) is 0 Å². The van der Waals surface area contributed by atoms with Crippen LogP contribution in [0.2, 0.25) is 0 Å². The molecule has 0 bridgehead atoms. The number of likely N-dealkylation sites (tertiary alicyclic amines) is 1. The number of rotatable bonds is 6. The molecule has 8 heteroatoms. The Kier molecular flexibility index (Phi) is 5.30. The molecule has 0 aromatic carbocycles. The number of hydrogen-bond acceptors (Lipinski definition) is 7. The number of hydrogen-bond donors (Lipinski definition) is 1. The summed E-state index contributed by atoms with van der Waals surface area (Å²) < 4.78 is 2.06. The molecule has 1 fully saturated rings. The minimum absolute atomic E-state index is 0.0254. The highest BCUT2D eigenvalue weighted by molar-refractivity contribution is 6.10. The van der Waals surface area contributed by atoms with Crippen molar-refractivity contribution in [3.05, 3.63) is 60.0 Å². The molecule has 1 aromatic heterocycles. The average molecular weight is 443 g/mol. The van der Waals surface area contributed by atoms with E-state index in [2.05, 4.69) is 66.9 Å². The number of hydrazone groups is 2. The second-order valence-corrected chi connectivity index (χ2v) is 9.33. The molecule has 1 aliphatic carbocycles. The number of aliphatic imine (C=N–C) groups is 1. The normalized spacial score (nSPS) is 28.2. The molecule has 0 saturated carbocycles. The Bertz CT molecular complexity index is 1130. The van der Waals surface area contributed by atoms with Crippen LogP contribution in [-0.4, -0.2) is 69.3 Å². The van der Waals surface area contributed by atoms with Gasteiger partial charge in [-0.1, -0.05) is 24.3 Å². The van der Waals surface area contributed by atoms with Crippen molar-refractivity contribution in [2.45, 2.75) is 44.9 Å². The summed E-state index contributed by atoms with van der Waals surface area (Å²) >= 11 is 0. The van der Waals surface area contributed by atoms with E-state index in [9.17, 15) is 0 Å². The number of fused-ring (bicyclic) bond motifs is 2. The van der Waals surface area contributed by atoms with Gasteiger partial charge in [-0.15, -0.1) is 0 Å². The maximum absolute atomic E-state index is 4.82. The smallest absolute Gasteiger partial charge is 0.157 e. The monoisotopic (exact) mass is 442 g/mol. The lowest BCUT2D eigenvalue weighted by atomic mass is 9.86. The van der Waals surface area contributed by atoms with Crippen molar-refractivity contribution < 1.29 is 0 Å². The Labute approximate surface area is 194 Å². The third kappa shape index (κ3) is 4.23. The Hall–Kier alpha value is -3.26. The van der Waals surface area contributed by atoms with Gasteiger partial charge < -0.3 is 4.90 Å². The summed E-state index contributed by atoms with van der Waals surface area (Å²) in [5.41, 5.74) is 7.68. The van der Waals surface area contributed by atoms with Crippen molar-refractivity contribution in [1.29, 1.82) is 0 Å². The van der Waals surface area contributed by atoms with Crippen LogP contribution in [0.25, 0.3) is 5.57 Å². The fourth-order valence-corrected chi connectivity index (χ4v) is 5.03. The molecule has 3 unspecified atom stereocenters. The minimum atomic E-state index is 0.0254. The van der Waals surface area contributed by atoms with E-state index in [0.29, 0.717) is 0 Å². The van der Waals surface area contributed by atoms with Gasteiger partial charge in [-0.25, -0.2) is 5.01 Å². The molecule has 5 heterocycles. The van der Waals surface area contributed by atoms with Crippen LogP contribution in [0, 0.1) is 5.92 Å². The van der Waals surface area contributed by atoms with Crippen molar-refractivity contribution in [2.75, 3.05) is 19.6 Å². The molecule has 1 aromatic rings. The molecular weight excluding hydrogens is 412 g/mol. The van der Waals surface area contributed by atoms with Gasteiger partial charge in [0.05, 0.1) is 24.5 Å². The van der Waals surface area contributed by atoms with Crippen LogP contribution in [0.15, 0.2) is 69.6 Å². The van der Waals surface area contributed by atoms with E-state index >= 15 is 0 Å². The first-order chi connectivity index (χ1) is 16.2. The van der Waals surface area contributed by atoms with Crippen molar-refractivity contribution in [3.63, 3.8) is 0 Å². The van der Waals surface area contributed by atoms with Gasteiger partial charge >= 0.3 is 0 Å². The van der Waals surface area contributed by atoms with Crippen LogP contribution < -0.4 is 5.43 Å². The highest BCUT2D eigenvalue weighted by atomic mass is 15.6. The van der Waals surface area contributed by atoms with Crippen molar-refractivity contribution in [3.8, 4) is 0 Å². The predicted molar refractivity (Wildman–Crippen MR) is 132 cm³/mol. The van der Waals surface area contributed by atoms with E-state index in [4.69, 9.17) is 4.99 Å². The molecule has 6 rings (SSSR count). The third-order valence-electron chi connectivity index (χ3n) is 6.88. The largest absolute Gasteiger partial charge is 0.301 e. The van der Waals surface area contributed by atoms with Crippen molar-refractivity contribution >= 4 is 23.3 Å². The van der Waals surface area contributed by atoms with Crippen LogP contribution in [0.4, 0.5) is 0 Å². The number of nitrogens with one attached hydrogen (secondary N) is 1. The second kappa shape index (κ2) is 8.59. The highest BCUT2D eigenvalue weighted by Crippen LogP contribution is 2.30. The summed E-state index contributed by atoms with van der Waals surface area (Å²) in [6.07, 6.45) is 22.7. The Morgan fingerprint density at radius 1 is 1.09 bits per heavy atom. The van der Waals surface area contributed by atoms with Gasteiger partial charge in [0, 0.05) is 36.9 Å². The molecular formula is C25H30N8. The lowest BCUT2D eigenvalue weighted by Crippen LogP contribution is -2.37. The number of amidine groups is 1. The lowest BCUT2D eigenvalue weighted by Gasteiger charge is -2.26. The molecule has 8 nitrogen and oxygen atoms in total. The summed E-state index contributed by atoms with van der Waals surface area (Å²) in [7, 11) is 0. The van der Waals surface area contributed by atoms with E-state index < -0.39 is 0 Å². The van der Waals surface area contributed by atoms with Gasteiger partial charge in [-0.3, -0.25) is 15.1 Å².